The summed E-state index contributed by atoms with van der Waals surface area (Å²) in [6.07, 6.45) is 6.25. The second kappa shape index (κ2) is 5.94. The second-order valence-corrected chi connectivity index (χ2v) is 6.99. The first-order valence-corrected chi connectivity index (χ1v) is 8.11. The van der Waals surface area contributed by atoms with E-state index >= 15 is 0 Å². The van der Waals surface area contributed by atoms with Crippen LogP contribution in [0.4, 0.5) is 0 Å². The number of benzene rings is 1. The van der Waals surface area contributed by atoms with E-state index < -0.39 is 0 Å². The summed E-state index contributed by atoms with van der Waals surface area (Å²) in [5.74, 6) is 0. The molecule has 0 amide bonds. The van der Waals surface area contributed by atoms with Gasteiger partial charge in [0.1, 0.15) is 0 Å². The van der Waals surface area contributed by atoms with E-state index in [0.717, 1.165) is 32.2 Å². The zero-order valence-electron chi connectivity index (χ0n) is 11.3. The van der Waals surface area contributed by atoms with Gasteiger partial charge in [-0.25, -0.2) is 0 Å². The zero-order valence-corrected chi connectivity index (χ0v) is 12.9. The highest BCUT2D eigenvalue weighted by Crippen LogP contribution is 2.35. The van der Waals surface area contributed by atoms with Gasteiger partial charge in [0.2, 0.25) is 0 Å². The van der Waals surface area contributed by atoms with E-state index in [2.05, 4.69) is 45.5 Å². The van der Waals surface area contributed by atoms with Crippen LogP contribution in [0.2, 0.25) is 0 Å². The van der Waals surface area contributed by atoms with Crippen LogP contribution in [0.5, 0.6) is 0 Å². The van der Waals surface area contributed by atoms with Crippen molar-refractivity contribution in [2.45, 2.75) is 38.1 Å². The van der Waals surface area contributed by atoms with Gasteiger partial charge in [-0.3, -0.25) is 0 Å². The van der Waals surface area contributed by atoms with Crippen LogP contribution in [-0.4, -0.2) is 25.8 Å². The highest BCUT2D eigenvalue weighted by Gasteiger charge is 2.34. The van der Waals surface area contributed by atoms with Gasteiger partial charge < -0.3 is 10.1 Å². The number of hydrogen-bond acceptors (Lipinski definition) is 2. The molecule has 2 nitrogen and oxygen atoms in total. The molecule has 0 spiro atoms. The molecule has 19 heavy (non-hydrogen) atoms. The van der Waals surface area contributed by atoms with Gasteiger partial charge in [-0.1, -0.05) is 28.1 Å². The van der Waals surface area contributed by atoms with Gasteiger partial charge in [-0.05, 0) is 55.2 Å². The molecule has 0 atom stereocenters. The fraction of sp³-hybridized carbons (Fsp3) is 0.625. The van der Waals surface area contributed by atoms with E-state index in [1.807, 2.05) is 0 Å². The number of ether oxygens (including phenoxy) is 1. The van der Waals surface area contributed by atoms with Crippen LogP contribution in [0.1, 0.15) is 31.2 Å². The van der Waals surface area contributed by atoms with Crippen molar-refractivity contribution in [3.63, 3.8) is 0 Å². The average molecular weight is 324 g/mol. The van der Waals surface area contributed by atoms with Crippen LogP contribution in [-0.2, 0) is 11.2 Å². The Balaban J connectivity index is 1.69. The lowest BCUT2D eigenvalue weighted by molar-refractivity contribution is 0.0147. The molecule has 0 aromatic heterocycles. The Labute approximate surface area is 124 Å². The standard InChI is InChI=1S/C16H22BrNO/c17-14-3-1-2-13(10-14)11-16(6-8-19-9-7-16)12-18-15-4-5-15/h1-3,10,15,18H,4-9,11-12H2. The molecule has 3 heteroatoms. The van der Waals surface area contributed by atoms with Gasteiger partial charge in [0.25, 0.3) is 0 Å². The summed E-state index contributed by atoms with van der Waals surface area (Å²) in [6.45, 7) is 2.98. The molecule has 104 valence electrons. The lowest BCUT2D eigenvalue weighted by atomic mass is 9.75. The van der Waals surface area contributed by atoms with Crippen molar-refractivity contribution in [2.75, 3.05) is 19.8 Å². The Morgan fingerprint density at radius 2 is 2.05 bits per heavy atom. The maximum atomic E-state index is 5.57. The van der Waals surface area contributed by atoms with E-state index in [1.165, 1.54) is 35.7 Å². The topological polar surface area (TPSA) is 21.3 Å². The van der Waals surface area contributed by atoms with Gasteiger partial charge in [0.05, 0.1) is 0 Å². The quantitative estimate of drug-likeness (QED) is 0.894. The summed E-state index contributed by atoms with van der Waals surface area (Å²) in [6, 6.07) is 9.54. The highest BCUT2D eigenvalue weighted by atomic mass is 79.9. The van der Waals surface area contributed by atoms with Crippen molar-refractivity contribution in [3.05, 3.63) is 34.3 Å². The Hall–Kier alpha value is -0.380. The largest absolute Gasteiger partial charge is 0.381 e. The summed E-state index contributed by atoms with van der Waals surface area (Å²) >= 11 is 3.58. The van der Waals surface area contributed by atoms with Crippen molar-refractivity contribution >= 4 is 15.9 Å². The zero-order chi connectivity index (χ0) is 13.1. The maximum Gasteiger partial charge on any atom is 0.0471 e. The third-order valence-electron chi connectivity index (χ3n) is 4.36. The maximum absolute atomic E-state index is 5.57. The summed E-state index contributed by atoms with van der Waals surface area (Å²) in [5.41, 5.74) is 1.83. The van der Waals surface area contributed by atoms with E-state index in [0.29, 0.717) is 5.41 Å². The van der Waals surface area contributed by atoms with Gasteiger partial charge in [0.15, 0.2) is 0 Å². The smallest absolute Gasteiger partial charge is 0.0471 e. The highest BCUT2D eigenvalue weighted by molar-refractivity contribution is 9.10. The van der Waals surface area contributed by atoms with Crippen molar-refractivity contribution in [3.8, 4) is 0 Å². The molecule has 1 aromatic rings. The molecular weight excluding hydrogens is 302 g/mol. The number of hydrogen-bond donors (Lipinski definition) is 1. The molecule has 2 fully saturated rings. The SMILES string of the molecule is Brc1cccc(CC2(CNC3CC3)CCOCC2)c1. The number of halogens is 1. The second-order valence-electron chi connectivity index (χ2n) is 6.07. The Morgan fingerprint density at radius 1 is 1.26 bits per heavy atom. The fourth-order valence-electron chi connectivity index (χ4n) is 2.95. The molecule has 1 saturated heterocycles. The van der Waals surface area contributed by atoms with Crippen LogP contribution in [0, 0.1) is 5.41 Å². The van der Waals surface area contributed by atoms with Crippen LogP contribution >= 0.6 is 15.9 Å². The van der Waals surface area contributed by atoms with E-state index in [9.17, 15) is 0 Å². The van der Waals surface area contributed by atoms with E-state index in [1.54, 1.807) is 0 Å². The fourth-order valence-corrected chi connectivity index (χ4v) is 3.40. The minimum Gasteiger partial charge on any atom is -0.381 e. The monoisotopic (exact) mass is 323 g/mol. The first-order valence-electron chi connectivity index (χ1n) is 7.31. The Kier molecular flexibility index (Phi) is 4.25. The number of nitrogens with one attached hydrogen (secondary N) is 1. The lowest BCUT2D eigenvalue weighted by Crippen LogP contribution is -2.41. The van der Waals surface area contributed by atoms with Crippen LogP contribution < -0.4 is 5.32 Å². The molecule has 0 bridgehead atoms. The Morgan fingerprint density at radius 3 is 2.74 bits per heavy atom. The molecule has 1 aliphatic carbocycles. The molecule has 2 aliphatic rings. The van der Waals surface area contributed by atoms with Gasteiger partial charge in [-0.2, -0.15) is 0 Å². The molecule has 1 heterocycles. The van der Waals surface area contributed by atoms with Crippen LogP contribution in [0.25, 0.3) is 0 Å². The molecule has 1 saturated carbocycles. The number of rotatable bonds is 5. The normalized spacial score (nSPS) is 22.4. The summed E-state index contributed by atoms with van der Waals surface area (Å²) in [7, 11) is 0. The predicted octanol–water partition coefficient (Wildman–Crippen LogP) is 3.54. The molecule has 0 radical (unpaired) electrons. The minimum atomic E-state index is 0.391. The van der Waals surface area contributed by atoms with Crippen molar-refractivity contribution < 1.29 is 4.74 Å². The van der Waals surface area contributed by atoms with E-state index in [-0.39, 0.29) is 0 Å². The van der Waals surface area contributed by atoms with Gasteiger partial charge >= 0.3 is 0 Å². The van der Waals surface area contributed by atoms with Crippen molar-refractivity contribution in [1.82, 2.24) is 5.32 Å². The minimum absolute atomic E-state index is 0.391. The Bertz CT molecular complexity index is 425. The molecule has 3 rings (SSSR count). The predicted molar refractivity (Wildman–Crippen MR) is 81.4 cm³/mol. The van der Waals surface area contributed by atoms with Crippen molar-refractivity contribution in [2.24, 2.45) is 5.41 Å². The van der Waals surface area contributed by atoms with Gasteiger partial charge in [-0.15, -0.1) is 0 Å². The van der Waals surface area contributed by atoms with Gasteiger partial charge in [0, 0.05) is 30.3 Å². The molecular formula is C16H22BrNO. The third kappa shape index (κ3) is 3.80. The van der Waals surface area contributed by atoms with E-state index in [4.69, 9.17) is 4.74 Å². The third-order valence-corrected chi connectivity index (χ3v) is 4.86. The average Bonchev–Trinajstić information content (AvgIpc) is 3.22. The van der Waals surface area contributed by atoms with Crippen LogP contribution in [0.15, 0.2) is 28.7 Å². The van der Waals surface area contributed by atoms with Crippen molar-refractivity contribution in [1.29, 1.82) is 0 Å². The first kappa shape index (κ1) is 13.6. The van der Waals surface area contributed by atoms with Crippen LogP contribution in [0.3, 0.4) is 0 Å². The molecule has 1 N–H and O–H groups in total. The molecule has 1 aromatic carbocycles. The lowest BCUT2D eigenvalue weighted by Gasteiger charge is -2.38. The summed E-state index contributed by atoms with van der Waals surface area (Å²) in [4.78, 5) is 0. The summed E-state index contributed by atoms with van der Waals surface area (Å²) < 4.78 is 6.75. The summed E-state index contributed by atoms with van der Waals surface area (Å²) in [5, 5.41) is 3.73. The first-order chi connectivity index (χ1) is 9.26. The molecule has 0 unspecified atom stereocenters. The molecule has 1 aliphatic heterocycles.